The van der Waals surface area contributed by atoms with Gasteiger partial charge in [0, 0.05) is 13.6 Å². The number of benzene rings is 3. The molecule has 0 spiro atoms. The lowest BCUT2D eigenvalue weighted by atomic mass is 10.1. The Bertz CT molecular complexity index is 1400. The smallest absolute Gasteiger partial charge is 0.264 e. The van der Waals surface area contributed by atoms with Crippen molar-refractivity contribution in [3.05, 3.63) is 89.0 Å². The number of methoxy groups -OCH3 is 1. The number of nitrogens with one attached hydrogen (secondary N) is 1. The normalized spacial score (nSPS) is 11.9. The van der Waals surface area contributed by atoms with Gasteiger partial charge in [0.1, 0.15) is 18.3 Å². The quantitative estimate of drug-likeness (QED) is 0.382. The van der Waals surface area contributed by atoms with Crippen molar-refractivity contribution in [2.75, 3.05) is 25.0 Å². The molecule has 0 unspecified atom stereocenters. The maximum Gasteiger partial charge on any atom is 0.264 e. The fourth-order valence-corrected chi connectivity index (χ4v) is 5.93. The van der Waals surface area contributed by atoms with Crippen LogP contribution in [0.2, 0.25) is 0 Å². The van der Waals surface area contributed by atoms with Gasteiger partial charge >= 0.3 is 0 Å². The van der Waals surface area contributed by atoms with E-state index < -0.39 is 28.5 Å². The van der Waals surface area contributed by atoms with Crippen molar-refractivity contribution in [1.29, 1.82) is 0 Å². The lowest BCUT2D eigenvalue weighted by Gasteiger charge is -2.33. The molecule has 0 aliphatic rings. The number of carbonyl (C=O) groups is 2. The summed E-state index contributed by atoms with van der Waals surface area (Å²) in [6.45, 7) is 7.09. The molecule has 3 rings (SSSR count). The third kappa shape index (κ3) is 6.97. The van der Waals surface area contributed by atoms with Gasteiger partial charge in [-0.3, -0.25) is 13.9 Å². The Hall–Kier alpha value is -3.85. The molecule has 3 aromatic rings. The van der Waals surface area contributed by atoms with Crippen molar-refractivity contribution < 1.29 is 22.7 Å². The second-order valence-corrected chi connectivity index (χ2v) is 11.4. The van der Waals surface area contributed by atoms with E-state index in [1.165, 1.54) is 11.9 Å². The summed E-state index contributed by atoms with van der Waals surface area (Å²) in [6, 6.07) is 18.4. The first-order chi connectivity index (χ1) is 18.5. The molecule has 1 atom stereocenters. The topological polar surface area (TPSA) is 96.0 Å². The van der Waals surface area contributed by atoms with Crippen molar-refractivity contribution in [2.24, 2.45) is 0 Å². The van der Waals surface area contributed by atoms with E-state index in [4.69, 9.17) is 4.74 Å². The first-order valence-electron chi connectivity index (χ1n) is 12.8. The minimum Gasteiger partial charge on any atom is -0.497 e. The number of anilines is 1. The van der Waals surface area contributed by atoms with Crippen LogP contribution in [0.15, 0.2) is 71.6 Å². The lowest BCUT2D eigenvalue weighted by Crippen LogP contribution is -2.51. The lowest BCUT2D eigenvalue weighted by molar-refractivity contribution is -0.140. The van der Waals surface area contributed by atoms with Gasteiger partial charge in [0.15, 0.2) is 0 Å². The molecule has 0 aromatic heterocycles. The highest BCUT2D eigenvalue weighted by Crippen LogP contribution is 2.28. The zero-order valence-electron chi connectivity index (χ0n) is 23.4. The first kappa shape index (κ1) is 29.7. The van der Waals surface area contributed by atoms with Crippen LogP contribution in [0, 0.1) is 20.8 Å². The Morgan fingerprint density at radius 1 is 0.923 bits per heavy atom. The number of rotatable bonds is 11. The maximum absolute atomic E-state index is 14.0. The Labute approximate surface area is 231 Å². The predicted molar refractivity (Wildman–Crippen MR) is 153 cm³/mol. The Kier molecular flexibility index (Phi) is 9.75. The van der Waals surface area contributed by atoms with Gasteiger partial charge in [-0.2, -0.15) is 0 Å². The van der Waals surface area contributed by atoms with E-state index in [2.05, 4.69) is 5.32 Å². The average Bonchev–Trinajstić information content (AvgIpc) is 2.92. The molecule has 0 bridgehead atoms. The van der Waals surface area contributed by atoms with Gasteiger partial charge in [-0.05, 0) is 68.7 Å². The monoisotopic (exact) mass is 551 g/mol. The zero-order chi connectivity index (χ0) is 28.7. The van der Waals surface area contributed by atoms with Crippen molar-refractivity contribution in [3.8, 4) is 5.75 Å². The van der Waals surface area contributed by atoms with Gasteiger partial charge < -0.3 is 15.0 Å². The molecule has 0 saturated heterocycles. The van der Waals surface area contributed by atoms with Crippen LogP contribution in [0.5, 0.6) is 5.75 Å². The summed E-state index contributed by atoms with van der Waals surface area (Å²) in [5, 5.41) is 2.63. The number of sulfonamides is 1. The van der Waals surface area contributed by atoms with Gasteiger partial charge in [0.2, 0.25) is 11.8 Å². The van der Waals surface area contributed by atoms with Crippen molar-refractivity contribution in [2.45, 2.75) is 51.6 Å². The van der Waals surface area contributed by atoms with E-state index in [0.717, 1.165) is 26.6 Å². The summed E-state index contributed by atoms with van der Waals surface area (Å²) in [5.74, 6) is -0.143. The van der Waals surface area contributed by atoms with Crippen LogP contribution in [0.4, 0.5) is 5.69 Å². The summed E-state index contributed by atoms with van der Waals surface area (Å²) < 4.78 is 34.3. The van der Waals surface area contributed by atoms with Gasteiger partial charge in [-0.25, -0.2) is 8.42 Å². The second kappa shape index (κ2) is 12.8. The van der Waals surface area contributed by atoms with Crippen LogP contribution in [0.1, 0.15) is 35.6 Å². The highest BCUT2D eigenvalue weighted by Gasteiger charge is 2.34. The molecule has 0 fully saturated rings. The average molecular weight is 552 g/mol. The van der Waals surface area contributed by atoms with Crippen LogP contribution in [-0.4, -0.2) is 51.9 Å². The van der Waals surface area contributed by atoms with Crippen LogP contribution >= 0.6 is 0 Å². The SMILES string of the molecule is CC[C@H](C(=O)NC)N(Cc1ccc(OC)cc1)C(=O)CN(c1ccc(C)cc1C)S(=O)(=O)c1ccc(C)cc1. The molecular formula is C30H37N3O5S. The first-order valence-corrected chi connectivity index (χ1v) is 14.3. The van der Waals surface area contributed by atoms with Crippen LogP contribution in [0.3, 0.4) is 0 Å². The minimum absolute atomic E-state index is 0.0842. The van der Waals surface area contributed by atoms with Crippen molar-refractivity contribution in [1.82, 2.24) is 10.2 Å². The molecule has 2 amide bonds. The van der Waals surface area contributed by atoms with Gasteiger partial charge in [-0.15, -0.1) is 0 Å². The summed E-state index contributed by atoms with van der Waals surface area (Å²) >= 11 is 0. The molecule has 3 aromatic carbocycles. The number of hydrogen-bond donors (Lipinski definition) is 1. The van der Waals surface area contributed by atoms with Gasteiger partial charge in [-0.1, -0.05) is 54.4 Å². The zero-order valence-corrected chi connectivity index (χ0v) is 24.2. The summed E-state index contributed by atoms with van der Waals surface area (Å²) in [4.78, 5) is 28.4. The highest BCUT2D eigenvalue weighted by molar-refractivity contribution is 7.92. The maximum atomic E-state index is 14.0. The number of likely N-dealkylation sites (N-methyl/N-ethyl adjacent to an activating group) is 1. The number of carbonyl (C=O) groups excluding carboxylic acids is 2. The minimum atomic E-state index is -4.11. The molecule has 9 heteroatoms. The summed E-state index contributed by atoms with van der Waals surface area (Å²) in [7, 11) is -1.02. The predicted octanol–water partition coefficient (Wildman–Crippen LogP) is 4.37. The highest BCUT2D eigenvalue weighted by atomic mass is 32.2. The van der Waals surface area contributed by atoms with Crippen molar-refractivity contribution >= 4 is 27.5 Å². The molecule has 39 heavy (non-hydrogen) atoms. The van der Waals surface area contributed by atoms with Crippen LogP contribution < -0.4 is 14.4 Å². The Morgan fingerprint density at radius 2 is 1.54 bits per heavy atom. The molecule has 208 valence electrons. The number of hydrogen-bond acceptors (Lipinski definition) is 5. The molecule has 8 nitrogen and oxygen atoms in total. The Balaban J connectivity index is 2.08. The standard InChI is InChI=1S/C30H37N3O5S/c1-7-27(30(35)31-5)32(19-24-11-13-25(38-6)14-12-24)29(34)20-33(28-17-10-22(3)18-23(28)4)39(36,37)26-15-8-21(2)9-16-26/h8-18,27H,7,19-20H2,1-6H3,(H,31,35)/t27-/m1/s1. The number of aryl methyl sites for hydroxylation is 3. The molecule has 1 N–H and O–H groups in total. The Morgan fingerprint density at radius 3 is 2.08 bits per heavy atom. The van der Waals surface area contributed by atoms with E-state index in [1.807, 2.05) is 52.0 Å². The van der Waals surface area contributed by atoms with Gasteiger partial charge in [0.05, 0.1) is 17.7 Å². The molecule has 0 aliphatic carbocycles. The fraction of sp³-hybridized carbons (Fsp3) is 0.333. The third-order valence-electron chi connectivity index (χ3n) is 6.65. The van der Waals surface area contributed by atoms with Crippen LogP contribution in [0.25, 0.3) is 0 Å². The molecular weight excluding hydrogens is 514 g/mol. The molecule has 0 aliphatic heterocycles. The van der Waals surface area contributed by atoms with Crippen molar-refractivity contribution in [3.63, 3.8) is 0 Å². The number of nitrogens with zero attached hydrogens (tertiary/aromatic N) is 2. The van der Waals surface area contributed by atoms with E-state index in [9.17, 15) is 18.0 Å². The van der Waals surface area contributed by atoms with Gasteiger partial charge in [0.25, 0.3) is 10.0 Å². The molecule has 0 saturated carbocycles. The van der Waals surface area contributed by atoms with E-state index in [1.54, 1.807) is 49.6 Å². The number of ether oxygens (including phenoxy) is 1. The summed E-state index contributed by atoms with van der Waals surface area (Å²) in [5.41, 5.74) is 3.81. The number of amides is 2. The van der Waals surface area contributed by atoms with E-state index in [0.29, 0.717) is 17.9 Å². The largest absolute Gasteiger partial charge is 0.497 e. The third-order valence-corrected chi connectivity index (χ3v) is 8.43. The molecule has 0 radical (unpaired) electrons. The van der Waals surface area contributed by atoms with Crippen LogP contribution in [-0.2, 0) is 26.2 Å². The second-order valence-electron chi connectivity index (χ2n) is 9.52. The fourth-order valence-electron chi connectivity index (χ4n) is 4.45. The van der Waals surface area contributed by atoms with E-state index in [-0.39, 0.29) is 17.3 Å². The van der Waals surface area contributed by atoms with E-state index >= 15 is 0 Å². The summed E-state index contributed by atoms with van der Waals surface area (Å²) in [6.07, 6.45) is 0.357. The molecule has 0 heterocycles.